The molecule has 1 N–H and O–H groups in total. The molecule has 0 aromatic heterocycles. The summed E-state index contributed by atoms with van der Waals surface area (Å²) in [7, 11) is 0. The zero-order chi connectivity index (χ0) is 19.4. The molecule has 3 rings (SSSR count). The van der Waals surface area contributed by atoms with E-state index in [4.69, 9.17) is 0 Å². The molecule has 0 bridgehead atoms. The molecule has 0 unspecified atom stereocenters. The van der Waals surface area contributed by atoms with E-state index in [1.807, 2.05) is 43.0 Å². The lowest BCUT2D eigenvalue weighted by Crippen LogP contribution is -2.45. The number of nitrogens with one attached hydrogen (secondary N) is 1. The molecule has 2 aliphatic rings. The van der Waals surface area contributed by atoms with Gasteiger partial charge in [-0.1, -0.05) is 24.6 Å². The largest absolute Gasteiger partial charge is 0.356 e. The topological polar surface area (TPSA) is 69.7 Å². The van der Waals surface area contributed by atoms with E-state index in [1.54, 1.807) is 4.90 Å². The lowest BCUT2D eigenvalue weighted by atomic mass is 9.94. The lowest BCUT2D eigenvalue weighted by Gasteiger charge is -2.33. The van der Waals surface area contributed by atoms with Crippen molar-refractivity contribution in [1.82, 2.24) is 10.2 Å². The van der Waals surface area contributed by atoms with Crippen LogP contribution in [0, 0.1) is 18.8 Å². The molecule has 146 valence electrons. The summed E-state index contributed by atoms with van der Waals surface area (Å²) in [6.45, 7) is 6.38. The average Bonchev–Trinajstić information content (AvgIpc) is 3.08. The molecule has 3 amide bonds. The van der Waals surface area contributed by atoms with Crippen molar-refractivity contribution in [2.75, 3.05) is 31.1 Å². The predicted molar refractivity (Wildman–Crippen MR) is 104 cm³/mol. The minimum Gasteiger partial charge on any atom is -0.356 e. The number of aryl methyl sites for hydroxylation is 1. The number of piperidine rings is 1. The Balaban J connectivity index is 1.54. The Labute approximate surface area is 160 Å². The predicted octanol–water partition coefficient (Wildman–Crippen LogP) is 2.11. The van der Waals surface area contributed by atoms with E-state index in [0.717, 1.165) is 17.7 Å². The summed E-state index contributed by atoms with van der Waals surface area (Å²) in [6, 6.07) is 7.82. The summed E-state index contributed by atoms with van der Waals surface area (Å²) in [4.78, 5) is 40.9. The zero-order valence-electron chi connectivity index (χ0n) is 16.2. The fraction of sp³-hybridized carbons (Fsp3) is 0.571. The Hall–Kier alpha value is -2.37. The molecule has 1 atom stereocenters. The SMILES string of the molecule is CCCNC(=O)C1CCN(C(=O)[C@H]2CC(=O)N(c3ccc(C)cc3)C2)CC1. The number of anilines is 1. The first kappa shape index (κ1) is 19.4. The van der Waals surface area contributed by atoms with E-state index in [9.17, 15) is 14.4 Å². The van der Waals surface area contributed by atoms with Crippen LogP contribution < -0.4 is 10.2 Å². The molecule has 2 saturated heterocycles. The summed E-state index contributed by atoms with van der Waals surface area (Å²) in [5.74, 6) is -0.138. The third kappa shape index (κ3) is 4.49. The third-order valence-corrected chi connectivity index (χ3v) is 5.55. The highest BCUT2D eigenvalue weighted by atomic mass is 16.2. The van der Waals surface area contributed by atoms with Gasteiger partial charge < -0.3 is 15.1 Å². The maximum atomic E-state index is 12.9. The van der Waals surface area contributed by atoms with Crippen molar-refractivity contribution in [2.24, 2.45) is 11.8 Å². The van der Waals surface area contributed by atoms with Crippen molar-refractivity contribution >= 4 is 23.4 Å². The van der Waals surface area contributed by atoms with E-state index >= 15 is 0 Å². The first-order chi connectivity index (χ1) is 13.0. The standard InChI is InChI=1S/C21H29N3O3/c1-3-10-22-20(26)16-8-11-23(12-9-16)21(27)17-13-19(25)24(14-17)18-6-4-15(2)5-7-18/h4-7,16-17H,3,8-14H2,1-2H3,(H,22,26)/t17-/m0/s1. The highest BCUT2D eigenvalue weighted by Gasteiger charge is 2.38. The molecular weight excluding hydrogens is 342 g/mol. The van der Waals surface area contributed by atoms with E-state index in [0.29, 0.717) is 39.0 Å². The molecule has 0 aliphatic carbocycles. The highest BCUT2D eigenvalue weighted by molar-refractivity contribution is 6.00. The molecule has 6 nitrogen and oxygen atoms in total. The minimum absolute atomic E-state index is 0.00475. The second-order valence-electron chi connectivity index (χ2n) is 7.63. The number of hydrogen-bond donors (Lipinski definition) is 1. The normalized spacial score (nSPS) is 20.8. The van der Waals surface area contributed by atoms with Gasteiger partial charge in [-0.15, -0.1) is 0 Å². The van der Waals surface area contributed by atoms with Gasteiger partial charge in [0.05, 0.1) is 5.92 Å². The minimum atomic E-state index is -0.288. The van der Waals surface area contributed by atoms with Gasteiger partial charge in [0.2, 0.25) is 17.7 Å². The van der Waals surface area contributed by atoms with Gasteiger partial charge in [-0.25, -0.2) is 0 Å². The fourth-order valence-corrected chi connectivity index (χ4v) is 3.86. The van der Waals surface area contributed by atoms with Crippen LogP contribution in [0.3, 0.4) is 0 Å². The molecule has 0 radical (unpaired) electrons. The van der Waals surface area contributed by atoms with E-state index < -0.39 is 0 Å². The average molecular weight is 371 g/mol. The number of carbonyl (C=O) groups is 3. The summed E-state index contributed by atoms with van der Waals surface area (Å²) in [5, 5.41) is 2.94. The number of carbonyl (C=O) groups excluding carboxylic acids is 3. The monoisotopic (exact) mass is 371 g/mol. The Morgan fingerprint density at radius 2 is 1.78 bits per heavy atom. The Bertz CT molecular complexity index is 693. The van der Waals surface area contributed by atoms with Crippen LogP contribution in [0.4, 0.5) is 5.69 Å². The second kappa shape index (κ2) is 8.55. The smallest absolute Gasteiger partial charge is 0.228 e. The molecule has 2 fully saturated rings. The molecular formula is C21H29N3O3. The quantitative estimate of drug-likeness (QED) is 0.862. The zero-order valence-corrected chi connectivity index (χ0v) is 16.2. The Morgan fingerprint density at radius 1 is 1.11 bits per heavy atom. The summed E-state index contributed by atoms with van der Waals surface area (Å²) in [5.41, 5.74) is 2.00. The Morgan fingerprint density at radius 3 is 2.41 bits per heavy atom. The van der Waals surface area contributed by atoms with Crippen LogP contribution in [0.15, 0.2) is 24.3 Å². The van der Waals surface area contributed by atoms with Gasteiger partial charge in [0, 0.05) is 44.2 Å². The maximum absolute atomic E-state index is 12.9. The first-order valence-corrected chi connectivity index (χ1v) is 9.93. The summed E-state index contributed by atoms with van der Waals surface area (Å²) in [6.07, 6.45) is 2.59. The van der Waals surface area contributed by atoms with Crippen LogP contribution in [0.2, 0.25) is 0 Å². The van der Waals surface area contributed by atoms with Crippen LogP contribution in [0.5, 0.6) is 0 Å². The van der Waals surface area contributed by atoms with Gasteiger partial charge in [-0.3, -0.25) is 14.4 Å². The van der Waals surface area contributed by atoms with Crippen molar-refractivity contribution in [2.45, 2.75) is 39.5 Å². The van der Waals surface area contributed by atoms with E-state index in [1.165, 1.54) is 0 Å². The number of nitrogens with zero attached hydrogens (tertiary/aromatic N) is 2. The van der Waals surface area contributed by atoms with E-state index in [2.05, 4.69) is 5.32 Å². The number of hydrogen-bond acceptors (Lipinski definition) is 3. The van der Waals surface area contributed by atoms with Crippen LogP contribution in [-0.2, 0) is 14.4 Å². The maximum Gasteiger partial charge on any atom is 0.228 e. The fourth-order valence-electron chi connectivity index (χ4n) is 3.86. The number of likely N-dealkylation sites (tertiary alicyclic amines) is 1. The summed E-state index contributed by atoms with van der Waals surface area (Å²) < 4.78 is 0. The second-order valence-corrected chi connectivity index (χ2v) is 7.63. The third-order valence-electron chi connectivity index (χ3n) is 5.55. The van der Waals surface area contributed by atoms with Crippen molar-refractivity contribution in [1.29, 1.82) is 0 Å². The van der Waals surface area contributed by atoms with Crippen molar-refractivity contribution in [3.05, 3.63) is 29.8 Å². The lowest BCUT2D eigenvalue weighted by molar-refractivity contribution is -0.139. The molecule has 0 saturated carbocycles. The number of benzene rings is 1. The molecule has 1 aromatic carbocycles. The van der Waals surface area contributed by atoms with Crippen LogP contribution >= 0.6 is 0 Å². The van der Waals surface area contributed by atoms with Crippen molar-refractivity contribution < 1.29 is 14.4 Å². The molecule has 27 heavy (non-hydrogen) atoms. The van der Waals surface area contributed by atoms with Gasteiger partial charge in [0.1, 0.15) is 0 Å². The van der Waals surface area contributed by atoms with Gasteiger partial charge in [0.25, 0.3) is 0 Å². The van der Waals surface area contributed by atoms with Gasteiger partial charge >= 0.3 is 0 Å². The number of rotatable bonds is 5. The van der Waals surface area contributed by atoms with Gasteiger partial charge in [-0.2, -0.15) is 0 Å². The molecule has 2 aliphatic heterocycles. The molecule has 6 heteroatoms. The molecule has 1 aromatic rings. The van der Waals surface area contributed by atoms with Gasteiger partial charge in [0.15, 0.2) is 0 Å². The number of amides is 3. The highest BCUT2D eigenvalue weighted by Crippen LogP contribution is 2.28. The van der Waals surface area contributed by atoms with Crippen LogP contribution in [0.1, 0.15) is 38.2 Å². The van der Waals surface area contributed by atoms with E-state index in [-0.39, 0.29) is 36.0 Å². The van der Waals surface area contributed by atoms with Gasteiger partial charge in [-0.05, 0) is 38.3 Å². The first-order valence-electron chi connectivity index (χ1n) is 9.93. The van der Waals surface area contributed by atoms with Crippen LogP contribution in [0.25, 0.3) is 0 Å². The Kier molecular flexibility index (Phi) is 6.14. The van der Waals surface area contributed by atoms with Crippen molar-refractivity contribution in [3.63, 3.8) is 0 Å². The molecule has 0 spiro atoms. The van der Waals surface area contributed by atoms with Crippen molar-refractivity contribution in [3.8, 4) is 0 Å². The summed E-state index contributed by atoms with van der Waals surface area (Å²) >= 11 is 0. The molecule has 2 heterocycles. The van der Waals surface area contributed by atoms with Crippen LogP contribution in [-0.4, -0.2) is 48.8 Å².